The van der Waals surface area contributed by atoms with E-state index in [1.165, 1.54) is 18.2 Å². The van der Waals surface area contributed by atoms with E-state index in [4.69, 9.17) is 5.11 Å². The zero-order chi connectivity index (χ0) is 13.1. The Morgan fingerprint density at radius 1 is 1.17 bits per heavy atom. The van der Waals surface area contributed by atoms with Gasteiger partial charge in [0.2, 0.25) is 0 Å². The predicted molar refractivity (Wildman–Crippen MR) is 63.3 cm³/mol. The third-order valence-corrected chi connectivity index (χ3v) is 2.44. The van der Waals surface area contributed by atoms with Crippen molar-refractivity contribution in [1.82, 2.24) is 4.98 Å². The van der Waals surface area contributed by atoms with Crippen molar-refractivity contribution >= 4 is 11.7 Å². The minimum Gasteiger partial charge on any atom is -0.477 e. The van der Waals surface area contributed by atoms with E-state index in [-0.39, 0.29) is 5.56 Å². The van der Waals surface area contributed by atoms with Crippen LogP contribution >= 0.6 is 0 Å². The van der Waals surface area contributed by atoms with E-state index in [2.05, 4.69) is 4.98 Å². The van der Waals surface area contributed by atoms with Gasteiger partial charge in [-0.15, -0.1) is 0 Å². The lowest BCUT2D eigenvalue weighted by molar-refractivity contribution is -0.385. The maximum atomic E-state index is 10.9. The lowest BCUT2D eigenvalue weighted by Crippen LogP contribution is -2.02. The summed E-state index contributed by atoms with van der Waals surface area (Å²) in [6, 6.07) is 7.40. The van der Waals surface area contributed by atoms with E-state index in [0.717, 1.165) is 5.56 Å². The highest BCUT2D eigenvalue weighted by atomic mass is 16.6. The first-order valence-corrected chi connectivity index (χ1v) is 5.01. The van der Waals surface area contributed by atoms with Crippen LogP contribution in [0.15, 0.2) is 42.7 Å². The van der Waals surface area contributed by atoms with Crippen LogP contribution in [0, 0.1) is 10.1 Å². The van der Waals surface area contributed by atoms with E-state index in [1.54, 1.807) is 24.5 Å². The van der Waals surface area contributed by atoms with E-state index in [9.17, 15) is 14.9 Å². The fourth-order valence-corrected chi connectivity index (χ4v) is 1.59. The first-order chi connectivity index (χ1) is 8.59. The second kappa shape index (κ2) is 4.62. The van der Waals surface area contributed by atoms with Gasteiger partial charge in [0.1, 0.15) is 5.56 Å². The summed E-state index contributed by atoms with van der Waals surface area (Å²) in [6.07, 6.45) is 3.12. The summed E-state index contributed by atoms with van der Waals surface area (Å²) in [5.74, 6) is -1.32. The number of hydrogen-bond acceptors (Lipinski definition) is 4. The number of hydrogen-bond donors (Lipinski definition) is 1. The van der Waals surface area contributed by atoms with Gasteiger partial charge in [-0.1, -0.05) is 6.07 Å². The largest absolute Gasteiger partial charge is 0.477 e. The molecule has 1 aromatic carbocycles. The number of carboxylic acid groups (broad SMARTS) is 1. The molecule has 1 aromatic heterocycles. The van der Waals surface area contributed by atoms with Crippen LogP contribution in [0.25, 0.3) is 11.1 Å². The summed E-state index contributed by atoms with van der Waals surface area (Å²) in [6.45, 7) is 0. The van der Waals surface area contributed by atoms with Crippen molar-refractivity contribution in [3.05, 3.63) is 58.4 Å². The van der Waals surface area contributed by atoms with E-state index in [0.29, 0.717) is 5.56 Å². The molecule has 0 aliphatic rings. The standard InChI is InChI=1S/C12H8N2O4/c15-12(16)10-2-1-9(7-11(10)14(17)18)8-3-5-13-6-4-8/h1-7H,(H,15,16). The number of nitrogens with zero attached hydrogens (tertiary/aromatic N) is 2. The minimum absolute atomic E-state index is 0.321. The molecular weight excluding hydrogens is 236 g/mol. The molecule has 6 nitrogen and oxygen atoms in total. The number of pyridine rings is 1. The van der Waals surface area contributed by atoms with Crippen molar-refractivity contribution in [3.63, 3.8) is 0 Å². The highest BCUT2D eigenvalue weighted by Crippen LogP contribution is 2.26. The van der Waals surface area contributed by atoms with Crippen LogP contribution in [-0.4, -0.2) is 21.0 Å². The summed E-state index contributed by atoms with van der Waals surface area (Å²) in [7, 11) is 0. The molecule has 0 aliphatic carbocycles. The number of nitro groups is 1. The number of aromatic nitrogens is 1. The van der Waals surface area contributed by atoms with Crippen LogP contribution in [-0.2, 0) is 0 Å². The zero-order valence-corrected chi connectivity index (χ0v) is 9.11. The smallest absolute Gasteiger partial charge is 0.342 e. The molecule has 0 radical (unpaired) electrons. The van der Waals surface area contributed by atoms with Crippen LogP contribution in [0.3, 0.4) is 0 Å². The number of aromatic carboxylic acids is 1. The Bertz CT molecular complexity index is 611. The Kier molecular flexibility index (Phi) is 3.01. The summed E-state index contributed by atoms with van der Waals surface area (Å²) in [4.78, 5) is 24.8. The predicted octanol–water partition coefficient (Wildman–Crippen LogP) is 2.36. The van der Waals surface area contributed by atoms with Gasteiger partial charge in [0.05, 0.1) is 4.92 Å². The summed E-state index contributed by atoms with van der Waals surface area (Å²) in [5, 5.41) is 19.7. The van der Waals surface area contributed by atoms with Gasteiger partial charge in [0, 0.05) is 18.5 Å². The van der Waals surface area contributed by atoms with E-state index in [1.807, 2.05) is 0 Å². The Morgan fingerprint density at radius 3 is 2.39 bits per heavy atom. The fraction of sp³-hybridized carbons (Fsp3) is 0. The maximum Gasteiger partial charge on any atom is 0.342 e. The average Bonchev–Trinajstić information content (AvgIpc) is 2.39. The van der Waals surface area contributed by atoms with Crippen molar-refractivity contribution < 1.29 is 14.8 Å². The van der Waals surface area contributed by atoms with Gasteiger partial charge >= 0.3 is 5.97 Å². The lowest BCUT2D eigenvalue weighted by atomic mass is 10.0. The Labute approximate surface area is 102 Å². The highest BCUT2D eigenvalue weighted by molar-refractivity contribution is 5.93. The first-order valence-electron chi connectivity index (χ1n) is 5.01. The fourth-order valence-electron chi connectivity index (χ4n) is 1.59. The molecule has 1 heterocycles. The molecule has 0 saturated heterocycles. The quantitative estimate of drug-likeness (QED) is 0.660. The van der Waals surface area contributed by atoms with Gasteiger partial charge in [-0.2, -0.15) is 0 Å². The maximum absolute atomic E-state index is 10.9. The molecule has 0 atom stereocenters. The molecule has 0 unspecified atom stereocenters. The Hall–Kier alpha value is -2.76. The van der Waals surface area contributed by atoms with Crippen LogP contribution in [0.5, 0.6) is 0 Å². The molecule has 0 amide bonds. The third kappa shape index (κ3) is 2.17. The molecular formula is C12H8N2O4. The average molecular weight is 244 g/mol. The monoisotopic (exact) mass is 244 g/mol. The molecule has 2 rings (SSSR count). The number of benzene rings is 1. The number of nitro benzene ring substituents is 1. The van der Waals surface area contributed by atoms with Crippen LogP contribution in [0.4, 0.5) is 5.69 Å². The van der Waals surface area contributed by atoms with E-state index < -0.39 is 16.6 Å². The molecule has 90 valence electrons. The number of carbonyl (C=O) groups is 1. The number of carboxylic acids is 1. The van der Waals surface area contributed by atoms with Gasteiger partial charge in [0.25, 0.3) is 5.69 Å². The van der Waals surface area contributed by atoms with Crippen LogP contribution < -0.4 is 0 Å². The summed E-state index contributed by atoms with van der Waals surface area (Å²) < 4.78 is 0. The van der Waals surface area contributed by atoms with Gasteiger partial charge in [-0.05, 0) is 29.3 Å². The molecule has 0 spiro atoms. The van der Waals surface area contributed by atoms with Gasteiger partial charge in [-0.3, -0.25) is 15.1 Å². The Balaban J connectivity index is 2.57. The third-order valence-electron chi connectivity index (χ3n) is 2.44. The Morgan fingerprint density at radius 2 is 1.83 bits per heavy atom. The molecule has 6 heteroatoms. The SMILES string of the molecule is O=C(O)c1ccc(-c2ccncc2)cc1[N+](=O)[O-]. The molecule has 1 N–H and O–H groups in total. The molecule has 0 saturated carbocycles. The van der Waals surface area contributed by atoms with Gasteiger partial charge in [0.15, 0.2) is 0 Å². The van der Waals surface area contributed by atoms with Crippen molar-refractivity contribution in [2.24, 2.45) is 0 Å². The van der Waals surface area contributed by atoms with Crippen molar-refractivity contribution in [2.75, 3.05) is 0 Å². The van der Waals surface area contributed by atoms with Crippen LogP contribution in [0.2, 0.25) is 0 Å². The van der Waals surface area contributed by atoms with Gasteiger partial charge < -0.3 is 5.11 Å². The van der Waals surface area contributed by atoms with Crippen molar-refractivity contribution in [3.8, 4) is 11.1 Å². The van der Waals surface area contributed by atoms with Crippen molar-refractivity contribution in [1.29, 1.82) is 0 Å². The summed E-state index contributed by atoms with van der Waals surface area (Å²) >= 11 is 0. The second-order valence-corrected chi connectivity index (χ2v) is 3.53. The van der Waals surface area contributed by atoms with Gasteiger partial charge in [-0.25, -0.2) is 4.79 Å². The minimum atomic E-state index is -1.32. The van der Waals surface area contributed by atoms with Crippen LogP contribution in [0.1, 0.15) is 10.4 Å². The van der Waals surface area contributed by atoms with E-state index >= 15 is 0 Å². The molecule has 0 aliphatic heterocycles. The highest BCUT2D eigenvalue weighted by Gasteiger charge is 2.20. The molecule has 0 bridgehead atoms. The second-order valence-electron chi connectivity index (χ2n) is 3.53. The molecule has 0 fully saturated rings. The lowest BCUT2D eigenvalue weighted by Gasteiger charge is -2.03. The zero-order valence-electron chi connectivity index (χ0n) is 9.11. The first kappa shape index (κ1) is 11.7. The molecule has 18 heavy (non-hydrogen) atoms. The summed E-state index contributed by atoms with van der Waals surface area (Å²) in [5.41, 5.74) is 0.578. The normalized spacial score (nSPS) is 10.0. The number of rotatable bonds is 3. The topological polar surface area (TPSA) is 93.3 Å². The molecule has 2 aromatic rings. The van der Waals surface area contributed by atoms with Crippen molar-refractivity contribution in [2.45, 2.75) is 0 Å².